The molecule has 0 aromatic carbocycles. The van der Waals surface area contributed by atoms with E-state index in [0.717, 1.165) is 25.7 Å². The summed E-state index contributed by atoms with van der Waals surface area (Å²) >= 11 is 0. The highest BCUT2D eigenvalue weighted by molar-refractivity contribution is 5.67. The zero-order valence-electron chi connectivity index (χ0n) is 16.1. The first-order valence-corrected chi connectivity index (χ1v) is 9.66. The van der Waals surface area contributed by atoms with Gasteiger partial charge in [-0.1, -0.05) is 52.2 Å². The molecular weight excluding hydrogens is 302 g/mol. The Bertz CT molecular complexity index is 462. The summed E-state index contributed by atoms with van der Waals surface area (Å²) < 4.78 is 11.9. The summed E-state index contributed by atoms with van der Waals surface area (Å²) in [5.41, 5.74) is 1.34. The van der Waals surface area contributed by atoms with Crippen molar-refractivity contribution in [2.45, 2.75) is 66.4 Å². The minimum atomic E-state index is -0.296. The second-order valence-electron chi connectivity index (χ2n) is 7.74. The van der Waals surface area contributed by atoms with Gasteiger partial charge in [0, 0.05) is 17.9 Å². The van der Waals surface area contributed by atoms with Crippen LogP contribution in [0.1, 0.15) is 60.3 Å². The highest BCUT2D eigenvalue weighted by Gasteiger charge is 2.53. The molecule has 24 heavy (non-hydrogen) atoms. The van der Waals surface area contributed by atoms with Crippen LogP contribution in [0.4, 0.5) is 4.79 Å². The number of rotatable bonds is 7. The quantitative estimate of drug-likeness (QED) is 0.548. The van der Waals surface area contributed by atoms with Crippen LogP contribution in [0.2, 0.25) is 0 Å². The molecule has 0 aromatic heterocycles. The van der Waals surface area contributed by atoms with E-state index in [-0.39, 0.29) is 11.5 Å². The van der Waals surface area contributed by atoms with Crippen molar-refractivity contribution in [3.05, 3.63) is 11.6 Å². The van der Waals surface area contributed by atoms with Gasteiger partial charge in [0.25, 0.3) is 0 Å². The third kappa shape index (κ3) is 3.79. The lowest BCUT2D eigenvalue weighted by atomic mass is 9.56. The lowest BCUT2D eigenvalue weighted by Crippen LogP contribution is -2.57. The Morgan fingerprint density at radius 2 is 2.12 bits per heavy atom. The van der Waals surface area contributed by atoms with Gasteiger partial charge < -0.3 is 14.8 Å². The number of nitrogens with one attached hydrogen (secondary N) is 1. The summed E-state index contributed by atoms with van der Waals surface area (Å²) in [6.45, 7) is 12.9. The van der Waals surface area contributed by atoms with E-state index in [9.17, 15) is 4.79 Å². The van der Waals surface area contributed by atoms with Gasteiger partial charge in [-0.2, -0.15) is 0 Å². The molecule has 5 atom stereocenters. The Labute approximate surface area is 147 Å². The molecule has 1 heterocycles. The van der Waals surface area contributed by atoms with Gasteiger partial charge in [0.2, 0.25) is 0 Å². The van der Waals surface area contributed by atoms with Gasteiger partial charge in [0.15, 0.2) is 0 Å². The van der Waals surface area contributed by atoms with Gasteiger partial charge in [-0.3, -0.25) is 0 Å². The summed E-state index contributed by atoms with van der Waals surface area (Å²) in [5.74, 6) is 1.27. The largest absolute Gasteiger partial charge is 0.449 e. The maximum absolute atomic E-state index is 12.0. The van der Waals surface area contributed by atoms with Crippen LogP contribution in [0.3, 0.4) is 0 Å². The number of unbranched alkanes of at least 4 members (excludes halogenated alkanes) is 1. The van der Waals surface area contributed by atoms with Crippen LogP contribution in [0.15, 0.2) is 11.6 Å². The molecule has 1 N–H and O–H groups in total. The van der Waals surface area contributed by atoms with E-state index in [1.54, 1.807) is 0 Å². The average molecular weight is 338 g/mol. The van der Waals surface area contributed by atoms with Crippen molar-refractivity contribution in [3.8, 4) is 0 Å². The first-order valence-electron chi connectivity index (χ1n) is 9.66. The van der Waals surface area contributed by atoms with E-state index in [1.165, 1.54) is 5.57 Å². The highest BCUT2D eigenvalue weighted by atomic mass is 16.6. The average Bonchev–Trinajstić information content (AvgIpc) is 2.53. The Morgan fingerprint density at radius 3 is 2.79 bits per heavy atom. The number of fused-ring (bicyclic) bond motifs is 2. The normalized spacial score (nSPS) is 35.3. The van der Waals surface area contributed by atoms with Crippen molar-refractivity contribution in [1.29, 1.82) is 0 Å². The SMILES string of the molecule is CCCCNC(=O)OC[C@]12CO[C@@H](CCC)[C@H](C(C)=C[C@@H]1C)[C@@H]2C. The minimum absolute atomic E-state index is 0.101. The second kappa shape index (κ2) is 8.37. The van der Waals surface area contributed by atoms with E-state index in [0.29, 0.717) is 43.6 Å². The third-order valence-electron chi connectivity index (χ3n) is 6.20. The topological polar surface area (TPSA) is 47.6 Å². The molecule has 1 aliphatic carbocycles. The Morgan fingerprint density at radius 1 is 1.38 bits per heavy atom. The number of amides is 1. The molecule has 1 saturated heterocycles. The number of hydrogen-bond acceptors (Lipinski definition) is 3. The number of hydrogen-bond donors (Lipinski definition) is 1. The second-order valence-corrected chi connectivity index (χ2v) is 7.74. The Hall–Kier alpha value is -1.03. The van der Waals surface area contributed by atoms with Crippen LogP contribution in [0, 0.1) is 23.2 Å². The van der Waals surface area contributed by atoms with Crippen LogP contribution in [-0.2, 0) is 9.47 Å². The van der Waals surface area contributed by atoms with Crippen molar-refractivity contribution in [2.24, 2.45) is 23.2 Å². The molecule has 2 aliphatic rings. The predicted molar refractivity (Wildman–Crippen MR) is 96.9 cm³/mol. The number of carbonyl (C=O) groups excluding carboxylic acids is 1. The van der Waals surface area contributed by atoms with Crippen molar-refractivity contribution < 1.29 is 14.3 Å². The smallest absolute Gasteiger partial charge is 0.407 e. The van der Waals surface area contributed by atoms with Crippen molar-refractivity contribution in [1.82, 2.24) is 5.32 Å². The van der Waals surface area contributed by atoms with Crippen LogP contribution in [0.5, 0.6) is 0 Å². The van der Waals surface area contributed by atoms with Crippen LogP contribution in [0.25, 0.3) is 0 Å². The molecular formula is C20H35NO3. The molecule has 0 saturated carbocycles. The maximum atomic E-state index is 12.0. The number of alkyl carbamates (subject to hydrolysis) is 1. The monoisotopic (exact) mass is 337 g/mol. The van der Waals surface area contributed by atoms with E-state index in [4.69, 9.17) is 9.47 Å². The predicted octanol–water partition coefficient (Wildman–Crippen LogP) is 4.55. The van der Waals surface area contributed by atoms with Crippen molar-refractivity contribution in [2.75, 3.05) is 19.8 Å². The first-order chi connectivity index (χ1) is 11.5. The maximum Gasteiger partial charge on any atom is 0.407 e. The van der Waals surface area contributed by atoms with E-state index >= 15 is 0 Å². The highest BCUT2D eigenvalue weighted by Crippen LogP contribution is 2.53. The van der Waals surface area contributed by atoms with Gasteiger partial charge in [0.1, 0.15) is 6.61 Å². The van der Waals surface area contributed by atoms with E-state index in [2.05, 4.69) is 46.0 Å². The minimum Gasteiger partial charge on any atom is -0.449 e. The molecule has 0 unspecified atom stereocenters. The summed E-state index contributed by atoms with van der Waals surface area (Å²) in [7, 11) is 0. The zero-order valence-corrected chi connectivity index (χ0v) is 16.1. The molecule has 4 nitrogen and oxygen atoms in total. The van der Waals surface area contributed by atoms with Gasteiger partial charge in [-0.05, 0) is 31.6 Å². The van der Waals surface area contributed by atoms with Crippen LogP contribution in [-0.4, -0.2) is 32.0 Å². The van der Waals surface area contributed by atoms with Gasteiger partial charge in [-0.15, -0.1) is 0 Å². The van der Waals surface area contributed by atoms with Crippen molar-refractivity contribution in [3.63, 3.8) is 0 Å². The zero-order chi connectivity index (χ0) is 17.7. The van der Waals surface area contributed by atoms with Gasteiger partial charge in [-0.25, -0.2) is 4.79 Å². The molecule has 1 amide bonds. The number of ether oxygens (including phenoxy) is 2. The Balaban J connectivity index is 2.06. The van der Waals surface area contributed by atoms with Crippen LogP contribution >= 0.6 is 0 Å². The fourth-order valence-electron chi connectivity index (χ4n) is 4.55. The van der Waals surface area contributed by atoms with E-state index in [1.807, 2.05) is 0 Å². The van der Waals surface area contributed by atoms with Crippen molar-refractivity contribution >= 4 is 6.09 Å². The Kier molecular flexibility index (Phi) is 6.73. The molecule has 4 heteroatoms. The lowest BCUT2D eigenvalue weighted by molar-refractivity contribution is -0.164. The summed E-state index contributed by atoms with van der Waals surface area (Å²) in [4.78, 5) is 12.0. The fraction of sp³-hybridized carbons (Fsp3) is 0.850. The summed E-state index contributed by atoms with van der Waals surface area (Å²) in [5, 5.41) is 2.84. The molecule has 0 spiro atoms. The molecule has 1 fully saturated rings. The number of allylic oxidation sites excluding steroid dienone is 1. The molecule has 0 radical (unpaired) electrons. The third-order valence-corrected chi connectivity index (χ3v) is 6.20. The molecule has 2 rings (SSSR count). The van der Waals surface area contributed by atoms with Crippen LogP contribution < -0.4 is 5.32 Å². The van der Waals surface area contributed by atoms with Gasteiger partial charge in [0.05, 0.1) is 12.7 Å². The molecule has 2 bridgehead atoms. The van der Waals surface area contributed by atoms with E-state index < -0.39 is 0 Å². The lowest BCUT2D eigenvalue weighted by Gasteiger charge is -2.55. The molecule has 138 valence electrons. The summed E-state index contributed by atoms with van der Waals surface area (Å²) in [6, 6.07) is 0. The van der Waals surface area contributed by atoms with Gasteiger partial charge >= 0.3 is 6.09 Å². The first kappa shape index (κ1) is 19.3. The number of carbonyl (C=O) groups is 1. The molecule has 1 aliphatic heterocycles. The summed E-state index contributed by atoms with van der Waals surface area (Å²) in [6.07, 6.45) is 6.68. The fourth-order valence-corrected chi connectivity index (χ4v) is 4.55. The molecule has 0 aromatic rings. The standard InChI is InChI=1S/C20H35NO3/c1-6-8-10-21-19(22)24-13-20-12-23-17(9-7-2)18(16(20)5)14(3)11-15(20)4/h11,15-18H,6-10,12-13H2,1-5H3,(H,21,22)/t15-,16-,17-,18+,20+/m0/s1.